The van der Waals surface area contributed by atoms with Crippen LogP contribution in [0.4, 0.5) is 0 Å². The zero-order valence-corrected chi connectivity index (χ0v) is 30.7. The Labute approximate surface area is 316 Å². The van der Waals surface area contributed by atoms with Crippen LogP contribution >= 0.6 is 0 Å². The van der Waals surface area contributed by atoms with E-state index < -0.39 is 101 Å². The van der Waals surface area contributed by atoms with Gasteiger partial charge < -0.3 is 49.5 Å². The number of aliphatic hydroxyl groups excluding tert-OH is 3. The van der Waals surface area contributed by atoms with Gasteiger partial charge in [-0.15, -0.1) is 0 Å². The second-order valence-electron chi connectivity index (χ2n) is 15.8. The number of aliphatic hydroxyl groups is 5. The molecule has 2 aromatic carbocycles. The fourth-order valence-electron chi connectivity index (χ4n) is 9.31. The number of fused-ring (bicyclic) bond motifs is 5. The fraction of sp³-hybridized carbons (Fsp3) is 0.463. The number of hydrogen-bond acceptors (Lipinski definition) is 13. The van der Waals surface area contributed by atoms with E-state index in [1.54, 1.807) is 62.4 Å². The highest BCUT2D eigenvalue weighted by molar-refractivity contribution is 5.95. The number of carbonyl (C=O) groups excluding carboxylic acids is 4. The van der Waals surface area contributed by atoms with E-state index in [0.717, 1.165) is 0 Å². The molecule has 14 nitrogen and oxygen atoms in total. The number of rotatable bonds is 8. The first kappa shape index (κ1) is 38.6. The van der Waals surface area contributed by atoms with Crippen LogP contribution in [-0.4, -0.2) is 104 Å². The molecule has 2 bridgehead atoms. The lowest BCUT2D eigenvalue weighted by atomic mass is 9.44. The van der Waals surface area contributed by atoms with Crippen LogP contribution in [-0.2, 0) is 23.8 Å². The Balaban J connectivity index is 1.31. The maximum absolute atomic E-state index is 14.7. The number of ether oxygens (including phenoxy) is 3. The Morgan fingerprint density at radius 1 is 0.909 bits per heavy atom. The third-order valence-electron chi connectivity index (χ3n) is 12.6. The van der Waals surface area contributed by atoms with Gasteiger partial charge in [0, 0.05) is 29.7 Å². The maximum Gasteiger partial charge on any atom is 0.338 e. The molecule has 2 saturated carbocycles. The van der Waals surface area contributed by atoms with Crippen LogP contribution in [0.3, 0.4) is 0 Å². The first-order valence-electron chi connectivity index (χ1n) is 18.2. The molecule has 3 aliphatic carbocycles. The third kappa shape index (κ3) is 5.94. The summed E-state index contributed by atoms with van der Waals surface area (Å²) in [7, 11) is 0. The second kappa shape index (κ2) is 13.8. The van der Waals surface area contributed by atoms with Gasteiger partial charge in [0.1, 0.15) is 41.3 Å². The van der Waals surface area contributed by atoms with Crippen LogP contribution in [0.2, 0.25) is 0 Å². The molecule has 0 spiro atoms. The summed E-state index contributed by atoms with van der Waals surface area (Å²) in [6.07, 6.45) is -9.13. The summed E-state index contributed by atoms with van der Waals surface area (Å²) in [5.74, 6) is -5.17. The van der Waals surface area contributed by atoms with Crippen LogP contribution in [0.15, 0.2) is 94.6 Å². The van der Waals surface area contributed by atoms with Crippen molar-refractivity contribution in [3.05, 3.63) is 107 Å². The van der Waals surface area contributed by atoms with Crippen molar-refractivity contribution in [3.63, 3.8) is 0 Å². The number of carbonyl (C=O) groups is 4. The fourth-order valence-corrected chi connectivity index (χ4v) is 9.31. The van der Waals surface area contributed by atoms with Crippen molar-refractivity contribution in [2.45, 2.75) is 94.4 Å². The van der Waals surface area contributed by atoms with Crippen molar-refractivity contribution < 1.29 is 63.3 Å². The summed E-state index contributed by atoms with van der Waals surface area (Å²) in [6.45, 7) is 5.66. The number of furan rings is 1. The molecule has 0 radical (unpaired) electrons. The molecule has 3 aromatic rings. The lowest BCUT2D eigenvalue weighted by molar-refractivity contribution is -0.343. The minimum atomic E-state index is -2.31. The summed E-state index contributed by atoms with van der Waals surface area (Å²) >= 11 is 0. The number of nitrogens with one attached hydrogen (secondary N) is 1. The van der Waals surface area contributed by atoms with E-state index in [2.05, 4.69) is 5.32 Å². The third-order valence-corrected chi connectivity index (χ3v) is 12.6. The molecule has 4 aliphatic rings. The molecular formula is C41H45NO13. The topological polar surface area (TPSA) is 222 Å². The minimum Gasteiger partial charge on any atom is -0.467 e. The Morgan fingerprint density at radius 2 is 1.55 bits per heavy atom. The average Bonchev–Trinajstić information content (AvgIpc) is 3.71. The van der Waals surface area contributed by atoms with E-state index in [4.69, 9.17) is 18.6 Å². The molecule has 6 N–H and O–H groups in total. The van der Waals surface area contributed by atoms with E-state index in [-0.39, 0.29) is 41.1 Å². The van der Waals surface area contributed by atoms with Crippen LogP contribution in [0.1, 0.15) is 73.1 Å². The van der Waals surface area contributed by atoms with Gasteiger partial charge in [-0.2, -0.15) is 0 Å². The Bertz CT molecular complexity index is 2000. The maximum atomic E-state index is 14.7. The number of hydrogen-bond donors (Lipinski definition) is 6. The zero-order chi connectivity index (χ0) is 39.7. The van der Waals surface area contributed by atoms with Gasteiger partial charge in [-0.05, 0) is 61.4 Å². The number of benzene rings is 2. The lowest BCUT2D eigenvalue weighted by Gasteiger charge is -2.66. The van der Waals surface area contributed by atoms with Crippen LogP contribution in [0.5, 0.6) is 0 Å². The molecule has 1 aliphatic heterocycles. The molecule has 292 valence electrons. The van der Waals surface area contributed by atoms with E-state index in [9.17, 15) is 44.7 Å². The van der Waals surface area contributed by atoms with Gasteiger partial charge in [0.2, 0.25) is 0 Å². The summed E-state index contributed by atoms with van der Waals surface area (Å²) in [6, 6.07) is 17.5. The van der Waals surface area contributed by atoms with Gasteiger partial charge >= 0.3 is 11.9 Å². The van der Waals surface area contributed by atoms with Gasteiger partial charge in [-0.3, -0.25) is 9.59 Å². The van der Waals surface area contributed by atoms with Crippen molar-refractivity contribution in [1.29, 1.82) is 0 Å². The molecule has 7 rings (SSSR count). The molecular weight excluding hydrogens is 714 g/mol. The summed E-state index contributed by atoms with van der Waals surface area (Å²) in [5.41, 5.74) is -7.33. The Morgan fingerprint density at radius 3 is 2.13 bits per heavy atom. The average molecular weight is 760 g/mol. The molecule has 11 atom stereocenters. The van der Waals surface area contributed by atoms with E-state index in [0.29, 0.717) is 0 Å². The predicted molar refractivity (Wildman–Crippen MR) is 191 cm³/mol. The highest BCUT2D eigenvalue weighted by atomic mass is 16.6. The molecule has 1 aromatic heterocycles. The van der Waals surface area contributed by atoms with Crippen LogP contribution < -0.4 is 5.32 Å². The number of amides is 1. The zero-order valence-electron chi connectivity index (χ0n) is 30.7. The standard InChI is InChI=1S/C41H45NO13/c1-21-25(54-37(49)31(45)29(24-16-11-17-52-24)42-35(47)22-12-7-5-8-13-22)19-41(51)34(55-36(48)23-14-9-6-10-15-23)32-39(4,26(43)18-27-40(32,50)20-53-27)33(46)30(44)28(21)38(41,2)3/h5-17,25-27,29-32,34,43-45,50-51H,18-20H2,1-4H3,(H,42,47)/t25?,26?,27?,29?,30?,31?,32?,34?,39-,40+,41?/m1/s1. The second-order valence-corrected chi connectivity index (χ2v) is 15.8. The van der Waals surface area contributed by atoms with Gasteiger partial charge in [-0.1, -0.05) is 50.2 Å². The molecule has 1 amide bonds. The molecule has 2 heterocycles. The van der Waals surface area contributed by atoms with Gasteiger partial charge in [0.15, 0.2) is 11.9 Å². The number of ketones is 1. The van der Waals surface area contributed by atoms with Crippen LogP contribution in [0.25, 0.3) is 0 Å². The van der Waals surface area contributed by atoms with Crippen molar-refractivity contribution in [3.8, 4) is 0 Å². The molecule has 3 fully saturated rings. The SMILES string of the molecule is CC1=C2C(O)C(=O)[C@]3(C)C(O)CC4OC[C@@]4(O)C3C(OC(=O)c3ccccc3)C(O)(CC1OC(=O)C(O)C(NC(=O)c1ccccc1)c1ccco1)C2(C)C. The van der Waals surface area contributed by atoms with Crippen molar-refractivity contribution in [2.75, 3.05) is 6.61 Å². The molecule has 55 heavy (non-hydrogen) atoms. The van der Waals surface area contributed by atoms with Crippen molar-refractivity contribution in [1.82, 2.24) is 5.32 Å². The Kier molecular flexibility index (Phi) is 9.68. The van der Waals surface area contributed by atoms with Crippen molar-refractivity contribution in [2.24, 2.45) is 16.7 Å². The smallest absolute Gasteiger partial charge is 0.338 e. The molecule has 1 saturated heterocycles. The summed E-state index contributed by atoms with van der Waals surface area (Å²) in [5, 5.41) is 63.2. The number of Topliss-reactive ketones (excluding diaryl/α,β-unsaturated/α-hetero) is 1. The van der Waals surface area contributed by atoms with E-state index in [1.165, 1.54) is 44.4 Å². The summed E-state index contributed by atoms with van der Waals surface area (Å²) < 4.78 is 23.2. The lowest BCUT2D eigenvalue weighted by Crippen LogP contribution is -2.81. The van der Waals surface area contributed by atoms with Crippen LogP contribution in [0, 0.1) is 16.7 Å². The monoisotopic (exact) mass is 759 g/mol. The predicted octanol–water partition coefficient (Wildman–Crippen LogP) is 2.19. The molecule has 9 unspecified atom stereocenters. The quantitative estimate of drug-likeness (QED) is 0.143. The van der Waals surface area contributed by atoms with E-state index in [1.807, 2.05) is 0 Å². The van der Waals surface area contributed by atoms with Gasteiger partial charge in [0.25, 0.3) is 5.91 Å². The Hall–Kier alpha value is -4.70. The van der Waals surface area contributed by atoms with Gasteiger partial charge in [0.05, 0.1) is 36.1 Å². The first-order valence-corrected chi connectivity index (χ1v) is 18.2. The van der Waals surface area contributed by atoms with Crippen molar-refractivity contribution >= 4 is 23.6 Å². The van der Waals surface area contributed by atoms with E-state index >= 15 is 0 Å². The largest absolute Gasteiger partial charge is 0.467 e. The highest BCUT2D eigenvalue weighted by Gasteiger charge is 2.76. The normalized spacial score (nSPS) is 34.7. The minimum absolute atomic E-state index is 0.0342. The highest BCUT2D eigenvalue weighted by Crippen LogP contribution is 2.63. The summed E-state index contributed by atoms with van der Waals surface area (Å²) in [4.78, 5) is 55.7. The number of esters is 2. The van der Waals surface area contributed by atoms with Gasteiger partial charge in [-0.25, -0.2) is 9.59 Å². The molecule has 14 heteroatoms. The first-order chi connectivity index (χ1) is 26.0.